The van der Waals surface area contributed by atoms with Crippen LogP contribution in [0.25, 0.3) is 10.9 Å². The minimum absolute atomic E-state index is 0.0324. The number of nitrogens with zero attached hydrogens (tertiary/aromatic N) is 1. The maximum absolute atomic E-state index is 13.9. The van der Waals surface area contributed by atoms with E-state index in [0.29, 0.717) is 28.6 Å². The third kappa shape index (κ3) is 9.39. The minimum atomic E-state index is -1.26. The Kier molecular flexibility index (Phi) is 12.4. The van der Waals surface area contributed by atoms with E-state index in [1.54, 1.807) is 57.3 Å². The summed E-state index contributed by atoms with van der Waals surface area (Å²) in [4.78, 5) is 66.7. The number of aliphatic hydroxyl groups is 1. The van der Waals surface area contributed by atoms with Crippen molar-refractivity contribution in [1.29, 1.82) is 0 Å². The van der Waals surface area contributed by atoms with Gasteiger partial charge in [0.2, 0.25) is 17.7 Å². The number of ether oxygens (including phenoxy) is 2. The molecule has 1 fully saturated rings. The molecule has 2 aliphatic rings. The molecule has 46 heavy (non-hydrogen) atoms. The number of benzene rings is 1. The molecule has 1 aromatic carbocycles. The van der Waals surface area contributed by atoms with Crippen molar-refractivity contribution in [3.8, 4) is 0 Å². The summed E-state index contributed by atoms with van der Waals surface area (Å²) in [5.41, 5.74) is 1.11. The normalized spacial score (nSPS) is 26.1. The lowest BCUT2D eigenvalue weighted by Gasteiger charge is -2.29. The average molecular weight is 673 g/mol. The van der Waals surface area contributed by atoms with Crippen LogP contribution in [-0.4, -0.2) is 81.3 Å². The van der Waals surface area contributed by atoms with E-state index in [-0.39, 0.29) is 30.3 Å². The highest BCUT2D eigenvalue weighted by atomic mass is 33.1. The van der Waals surface area contributed by atoms with Gasteiger partial charge in [0.05, 0.1) is 36.3 Å². The number of para-hydroxylation sites is 1. The SMILES string of the molecule is C=C(C)OC(=O)n1cc(C[C@H]2NC(=O)C[C@H]3/C=C/CCSSC[C@@H](NC2=O)C(=O)N[C@H](C(C)C)[C@@H](O)CC(=O)O3)c2ccccc21. The van der Waals surface area contributed by atoms with Gasteiger partial charge in [-0.15, -0.1) is 0 Å². The van der Waals surface area contributed by atoms with Crippen molar-refractivity contribution < 1.29 is 38.6 Å². The van der Waals surface area contributed by atoms with Gasteiger partial charge in [-0.3, -0.25) is 23.7 Å². The highest BCUT2D eigenvalue weighted by molar-refractivity contribution is 8.76. The Labute approximate surface area is 275 Å². The molecule has 0 spiro atoms. The number of amides is 3. The third-order valence-electron chi connectivity index (χ3n) is 7.48. The number of nitrogens with one attached hydrogen (secondary N) is 3. The fraction of sp³-hybridized carbons (Fsp3) is 0.469. The molecule has 2 aromatic rings. The molecule has 0 saturated carbocycles. The number of carbonyl (C=O) groups excluding carboxylic acids is 5. The highest BCUT2D eigenvalue weighted by Gasteiger charge is 2.34. The molecule has 5 atom stereocenters. The molecule has 0 radical (unpaired) electrons. The second kappa shape index (κ2) is 16.2. The maximum atomic E-state index is 13.9. The van der Waals surface area contributed by atoms with Gasteiger partial charge in [-0.05, 0) is 37.0 Å². The molecular formula is C32H40N4O8S2. The molecule has 3 heterocycles. The van der Waals surface area contributed by atoms with Crippen molar-refractivity contribution in [1.82, 2.24) is 20.5 Å². The largest absolute Gasteiger partial charge is 0.457 e. The Morgan fingerprint density at radius 1 is 1.11 bits per heavy atom. The quantitative estimate of drug-likeness (QED) is 0.164. The Bertz CT molecular complexity index is 1510. The van der Waals surface area contributed by atoms with Crippen LogP contribution in [0.4, 0.5) is 4.79 Å². The molecule has 3 amide bonds. The summed E-state index contributed by atoms with van der Waals surface area (Å²) in [7, 11) is 2.94. The monoisotopic (exact) mass is 672 g/mol. The van der Waals surface area contributed by atoms with Gasteiger partial charge in [-0.1, -0.05) is 66.3 Å². The van der Waals surface area contributed by atoms with E-state index in [1.165, 1.54) is 26.2 Å². The third-order valence-corrected chi connectivity index (χ3v) is 9.93. The van der Waals surface area contributed by atoms with Gasteiger partial charge in [0, 0.05) is 29.5 Å². The second-order valence-corrected chi connectivity index (χ2v) is 14.2. The van der Waals surface area contributed by atoms with Crippen LogP contribution in [0.15, 0.2) is 55.0 Å². The van der Waals surface area contributed by atoms with E-state index in [4.69, 9.17) is 9.47 Å². The first-order valence-corrected chi connectivity index (χ1v) is 17.6. The number of aromatic nitrogens is 1. The van der Waals surface area contributed by atoms with Gasteiger partial charge < -0.3 is 30.5 Å². The van der Waals surface area contributed by atoms with Crippen LogP contribution in [-0.2, 0) is 35.1 Å². The van der Waals surface area contributed by atoms with Gasteiger partial charge >= 0.3 is 12.1 Å². The van der Waals surface area contributed by atoms with Gasteiger partial charge in [0.15, 0.2) is 0 Å². The number of hydrogen-bond donors (Lipinski definition) is 4. The number of carbonyl (C=O) groups is 5. The molecule has 4 N–H and O–H groups in total. The van der Waals surface area contributed by atoms with Gasteiger partial charge in [0.25, 0.3) is 0 Å². The van der Waals surface area contributed by atoms with Crippen molar-refractivity contribution in [3.63, 3.8) is 0 Å². The van der Waals surface area contributed by atoms with Gasteiger partial charge in [0.1, 0.15) is 18.2 Å². The predicted molar refractivity (Wildman–Crippen MR) is 177 cm³/mol. The van der Waals surface area contributed by atoms with Crippen molar-refractivity contribution in [3.05, 3.63) is 60.5 Å². The molecule has 0 unspecified atom stereocenters. The van der Waals surface area contributed by atoms with Crippen LogP contribution < -0.4 is 16.0 Å². The van der Waals surface area contributed by atoms with Crippen molar-refractivity contribution in [2.75, 3.05) is 11.5 Å². The first-order chi connectivity index (χ1) is 21.9. The molecule has 1 saturated heterocycles. The van der Waals surface area contributed by atoms with Crippen LogP contribution in [0.1, 0.15) is 45.6 Å². The Balaban J connectivity index is 1.74. The molecule has 2 bridgehead atoms. The zero-order valence-corrected chi connectivity index (χ0v) is 27.7. The Morgan fingerprint density at radius 2 is 1.87 bits per heavy atom. The van der Waals surface area contributed by atoms with E-state index in [9.17, 15) is 29.1 Å². The van der Waals surface area contributed by atoms with Gasteiger partial charge in [-0.2, -0.15) is 0 Å². The lowest BCUT2D eigenvalue weighted by atomic mass is 9.96. The lowest BCUT2D eigenvalue weighted by molar-refractivity contribution is -0.151. The number of hydrogen-bond acceptors (Lipinski definition) is 10. The van der Waals surface area contributed by atoms with Crippen molar-refractivity contribution in [2.45, 2.75) is 76.8 Å². The molecule has 12 nitrogen and oxygen atoms in total. The van der Waals surface area contributed by atoms with Gasteiger partial charge in [-0.25, -0.2) is 4.79 Å². The van der Waals surface area contributed by atoms with Crippen LogP contribution >= 0.6 is 21.6 Å². The van der Waals surface area contributed by atoms with Crippen LogP contribution in [0.3, 0.4) is 0 Å². The molecule has 4 rings (SSSR count). The molecule has 1 aromatic heterocycles. The van der Waals surface area contributed by atoms with Crippen LogP contribution in [0.2, 0.25) is 0 Å². The number of aliphatic hydroxyl groups excluding tert-OH is 1. The fourth-order valence-electron chi connectivity index (χ4n) is 5.26. The Hall–Kier alpha value is -3.75. The molecular weight excluding hydrogens is 633 g/mol. The smallest absolute Gasteiger partial charge is 0.423 e. The van der Waals surface area contributed by atoms with Crippen LogP contribution in [0.5, 0.6) is 0 Å². The van der Waals surface area contributed by atoms with E-state index >= 15 is 0 Å². The molecule has 14 heteroatoms. The highest BCUT2D eigenvalue weighted by Crippen LogP contribution is 2.26. The summed E-state index contributed by atoms with van der Waals surface area (Å²) >= 11 is 0. The predicted octanol–water partition coefficient (Wildman–Crippen LogP) is 3.22. The maximum Gasteiger partial charge on any atom is 0.423 e. The van der Waals surface area contributed by atoms with E-state index < -0.39 is 66.5 Å². The summed E-state index contributed by atoms with van der Waals surface area (Å²) in [5.74, 6) is -1.58. The fourth-order valence-corrected chi connectivity index (χ4v) is 7.41. The lowest BCUT2D eigenvalue weighted by Crippen LogP contribution is -2.58. The first kappa shape index (κ1) is 35.1. The summed E-state index contributed by atoms with van der Waals surface area (Å²) in [6.07, 6.45) is 2.05. The average Bonchev–Trinajstić information content (AvgIpc) is 3.34. The van der Waals surface area contributed by atoms with E-state index in [1.807, 2.05) is 6.08 Å². The minimum Gasteiger partial charge on any atom is -0.457 e. The van der Waals surface area contributed by atoms with Crippen molar-refractivity contribution >= 4 is 62.3 Å². The number of allylic oxidation sites excluding steroid dienone is 2. The second-order valence-electron chi connectivity index (χ2n) is 11.6. The number of esters is 1. The summed E-state index contributed by atoms with van der Waals surface area (Å²) in [6, 6.07) is 4.08. The molecule has 248 valence electrons. The standard InChI is InChI=1S/C32H40N4O8S2/c1-18(2)29-26(37)15-28(39)44-21-9-7-8-12-45-46-17-24(31(41)35-29)34-30(40)23(33-27(38)14-21)13-20-16-36(32(42)43-19(3)4)25-11-6-5-10-22(20)25/h5-7,9-11,16,18,21,23-24,26,29,37H,3,8,12-15,17H2,1-2,4H3,(H,33,38)(H,34,40)(H,35,41)/b9-7+/t21-,23-,24-,26+,29-/m1/s1. The van der Waals surface area contributed by atoms with Crippen LogP contribution in [0, 0.1) is 5.92 Å². The summed E-state index contributed by atoms with van der Waals surface area (Å²) in [6.45, 7) is 8.78. The molecule has 2 aliphatic heterocycles. The zero-order valence-electron chi connectivity index (χ0n) is 26.0. The zero-order chi connectivity index (χ0) is 33.4. The summed E-state index contributed by atoms with van der Waals surface area (Å²) in [5, 5.41) is 20.0. The molecule has 0 aliphatic carbocycles. The van der Waals surface area contributed by atoms with Crippen molar-refractivity contribution in [2.24, 2.45) is 5.92 Å². The number of fused-ring (bicyclic) bond motifs is 8. The van der Waals surface area contributed by atoms with E-state index in [2.05, 4.69) is 22.5 Å². The Morgan fingerprint density at radius 3 is 2.61 bits per heavy atom. The topological polar surface area (TPSA) is 165 Å². The van der Waals surface area contributed by atoms with E-state index in [0.717, 1.165) is 0 Å². The summed E-state index contributed by atoms with van der Waals surface area (Å²) < 4.78 is 12.1. The first-order valence-electron chi connectivity index (χ1n) is 15.1. The number of rotatable bonds is 4.